The molecular formula is C15H20ClNO3. The maximum absolute atomic E-state index is 11.7. The average Bonchev–Trinajstić information content (AvgIpc) is 2.45. The zero-order valence-corrected chi connectivity index (χ0v) is 12.1. The number of aliphatic hydroxyl groups excluding tert-OH is 1. The van der Waals surface area contributed by atoms with E-state index >= 15 is 0 Å². The standard InChI is InChI=1S/C15H20ClNO3/c16-12-2-1-3-14(8-12)20-10-15(19)17-9-11-4-6-13(18)7-5-11/h1-3,8,11,13,18H,4-7,9-10H2,(H,17,19). The predicted molar refractivity (Wildman–Crippen MR) is 77.9 cm³/mol. The summed E-state index contributed by atoms with van der Waals surface area (Å²) in [7, 11) is 0. The van der Waals surface area contributed by atoms with Gasteiger partial charge in [0.15, 0.2) is 6.61 Å². The lowest BCUT2D eigenvalue weighted by Crippen LogP contribution is -2.34. The van der Waals surface area contributed by atoms with Crippen LogP contribution in [0.15, 0.2) is 24.3 Å². The molecule has 1 saturated carbocycles. The highest BCUT2D eigenvalue weighted by Gasteiger charge is 2.19. The quantitative estimate of drug-likeness (QED) is 0.877. The summed E-state index contributed by atoms with van der Waals surface area (Å²) in [6.07, 6.45) is 3.44. The van der Waals surface area contributed by atoms with E-state index in [2.05, 4.69) is 5.32 Å². The Hall–Kier alpha value is -1.26. The van der Waals surface area contributed by atoms with Crippen LogP contribution in [0.4, 0.5) is 0 Å². The van der Waals surface area contributed by atoms with Gasteiger partial charge in [-0.2, -0.15) is 0 Å². The number of nitrogens with one attached hydrogen (secondary N) is 1. The van der Waals surface area contributed by atoms with Gasteiger partial charge in [0, 0.05) is 11.6 Å². The summed E-state index contributed by atoms with van der Waals surface area (Å²) in [5.41, 5.74) is 0. The second kappa shape index (κ2) is 7.50. The first-order chi connectivity index (χ1) is 9.63. The molecule has 20 heavy (non-hydrogen) atoms. The molecule has 0 spiro atoms. The fourth-order valence-corrected chi connectivity index (χ4v) is 2.54. The third kappa shape index (κ3) is 5.02. The smallest absolute Gasteiger partial charge is 0.257 e. The monoisotopic (exact) mass is 297 g/mol. The number of hydrogen-bond acceptors (Lipinski definition) is 3. The number of ether oxygens (including phenoxy) is 1. The SMILES string of the molecule is O=C(COc1cccc(Cl)c1)NCC1CCC(O)CC1. The first kappa shape index (κ1) is 15.1. The number of amides is 1. The fourth-order valence-electron chi connectivity index (χ4n) is 2.36. The molecule has 0 atom stereocenters. The summed E-state index contributed by atoms with van der Waals surface area (Å²) in [5.74, 6) is 0.929. The van der Waals surface area contributed by atoms with Gasteiger partial charge in [0.05, 0.1) is 6.10 Å². The van der Waals surface area contributed by atoms with Crippen molar-refractivity contribution in [2.24, 2.45) is 5.92 Å². The molecule has 0 unspecified atom stereocenters. The zero-order chi connectivity index (χ0) is 14.4. The molecule has 1 amide bonds. The fraction of sp³-hybridized carbons (Fsp3) is 0.533. The highest BCUT2D eigenvalue weighted by molar-refractivity contribution is 6.30. The van der Waals surface area contributed by atoms with Gasteiger partial charge in [-0.25, -0.2) is 0 Å². The van der Waals surface area contributed by atoms with Crippen LogP contribution in [0.1, 0.15) is 25.7 Å². The van der Waals surface area contributed by atoms with Crippen molar-refractivity contribution in [2.45, 2.75) is 31.8 Å². The molecule has 2 N–H and O–H groups in total. The Morgan fingerprint density at radius 2 is 2.10 bits per heavy atom. The normalized spacial score (nSPS) is 22.3. The third-order valence-electron chi connectivity index (χ3n) is 3.57. The lowest BCUT2D eigenvalue weighted by molar-refractivity contribution is -0.123. The summed E-state index contributed by atoms with van der Waals surface area (Å²) in [4.78, 5) is 11.7. The molecule has 0 saturated heterocycles. The van der Waals surface area contributed by atoms with Crippen molar-refractivity contribution in [3.8, 4) is 5.75 Å². The van der Waals surface area contributed by atoms with Crippen LogP contribution in [0.25, 0.3) is 0 Å². The molecule has 1 aliphatic rings. The molecule has 110 valence electrons. The van der Waals surface area contributed by atoms with Crippen LogP contribution in [0.2, 0.25) is 5.02 Å². The molecule has 1 fully saturated rings. The van der Waals surface area contributed by atoms with Crippen LogP contribution in [0, 0.1) is 5.92 Å². The summed E-state index contributed by atoms with van der Waals surface area (Å²) >= 11 is 5.83. The Morgan fingerprint density at radius 1 is 1.35 bits per heavy atom. The van der Waals surface area contributed by atoms with Crippen LogP contribution < -0.4 is 10.1 Å². The van der Waals surface area contributed by atoms with Crippen molar-refractivity contribution < 1.29 is 14.6 Å². The molecule has 2 rings (SSSR count). The Balaban J connectivity index is 1.65. The first-order valence-electron chi connectivity index (χ1n) is 6.96. The second-order valence-corrected chi connectivity index (χ2v) is 5.66. The zero-order valence-electron chi connectivity index (χ0n) is 11.3. The molecule has 1 aliphatic carbocycles. The summed E-state index contributed by atoms with van der Waals surface area (Å²) in [6, 6.07) is 6.98. The summed E-state index contributed by atoms with van der Waals surface area (Å²) in [5, 5.41) is 12.9. The van der Waals surface area contributed by atoms with E-state index in [4.69, 9.17) is 16.3 Å². The van der Waals surface area contributed by atoms with Gasteiger partial charge in [-0.05, 0) is 49.8 Å². The molecule has 1 aromatic carbocycles. The van der Waals surface area contributed by atoms with E-state index in [1.807, 2.05) is 0 Å². The molecule has 5 heteroatoms. The molecular weight excluding hydrogens is 278 g/mol. The summed E-state index contributed by atoms with van der Waals surface area (Å²) < 4.78 is 5.37. The lowest BCUT2D eigenvalue weighted by Gasteiger charge is -2.25. The maximum atomic E-state index is 11.7. The van der Waals surface area contributed by atoms with Crippen molar-refractivity contribution in [3.63, 3.8) is 0 Å². The Labute approximate surface area is 124 Å². The summed E-state index contributed by atoms with van der Waals surface area (Å²) in [6.45, 7) is 0.653. The molecule has 1 aromatic rings. The topological polar surface area (TPSA) is 58.6 Å². The Bertz CT molecular complexity index is 444. The van der Waals surface area contributed by atoms with E-state index in [0.29, 0.717) is 23.2 Å². The highest BCUT2D eigenvalue weighted by atomic mass is 35.5. The van der Waals surface area contributed by atoms with Gasteiger partial charge >= 0.3 is 0 Å². The number of aliphatic hydroxyl groups is 1. The van der Waals surface area contributed by atoms with Gasteiger partial charge in [0.25, 0.3) is 5.91 Å². The van der Waals surface area contributed by atoms with Crippen molar-refractivity contribution >= 4 is 17.5 Å². The molecule has 0 radical (unpaired) electrons. The molecule has 0 heterocycles. The third-order valence-corrected chi connectivity index (χ3v) is 3.81. The van der Waals surface area contributed by atoms with Gasteiger partial charge in [-0.3, -0.25) is 4.79 Å². The minimum Gasteiger partial charge on any atom is -0.484 e. The number of rotatable bonds is 5. The number of benzene rings is 1. The Morgan fingerprint density at radius 3 is 2.80 bits per heavy atom. The highest BCUT2D eigenvalue weighted by Crippen LogP contribution is 2.23. The number of hydrogen-bond donors (Lipinski definition) is 2. The first-order valence-corrected chi connectivity index (χ1v) is 7.34. The minimum absolute atomic E-state index is 0.00428. The van der Waals surface area contributed by atoms with E-state index in [-0.39, 0.29) is 18.6 Å². The van der Waals surface area contributed by atoms with Gasteiger partial charge in [-0.1, -0.05) is 17.7 Å². The van der Waals surface area contributed by atoms with Crippen LogP contribution in [-0.2, 0) is 4.79 Å². The van der Waals surface area contributed by atoms with E-state index in [1.54, 1.807) is 24.3 Å². The van der Waals surface area contributed by atoms with Crippen molar-refractivity contribution in [1.29, 1.82) is 0 Å². The van der Waals surface area contributed by atoms with Gasteiger partial charge in [-0.15, -0.1) is 0 Å². The molecule has 4 nitrogen and oxygen atoms in total. The Kier molecular flexibility index (Phi) is 5.68. The maximum Gasteiger partial charge on any atom is 0.257 e. The molecule has 0 aliphatic heterocycles. The number of carbonyl (C=O) groups excluding carboxylic acids is 1. The number of carbonyl (C=O) groups is 1. The van der Waals surface area contributed by atoms with Crippen molar-refractivity contribution in [3.05, 3.63) is 29.3 Å². The van der Waals surface area contributed by atoms with Gasteiger partial charge in [0.1, 0.15) is 5.75 Å². The van der Waals surface area contributed by atoms with Crippen molar-refractivity contribution in [1.82, 2.24) is 5.32 Å². The predicted octanol–water partition coefficient (Wildman–Crippen LogP) is 2.39. The average molecular weight is 298 g/mol. The molecule has 0 aromatic heterocycles. The van der Waals surface area contributed by atoms with Crippen LogP contribution in [-0.4, -0.2) is 30.3 Å². The lowest BCUT2D eigenvalue weighted by atomic mass is 9.87. The van der Waals surface area contributed by atoms with E-state index in [9.17, 15) is 9.90 Å². The van der Waals surface area contributed by atoms with Gasteiger partial charge in [0.2, 0.25) is 0 Å². The number of halogens is 1. The van der Waals surface area contributed by atoms with Gasteiger partial charge < -0.3 is 15.2 Å². The van der Waals surface area contributed by atoms with Crippen molar-refractivity contribution in [2.75, 3.05) is 13.2 Å². The molecule has 0 bridgehead atoms. The van der Waals surface area contributed by atoms with Crippen LogP contribution >= 0.6 is 11.6 Å². The van der Waals surface area contributed by atoms with Crippen LogP contribution in [0.5, 0.6) is 5.75 Å². The van der Waals surface area contributed by atoms with Crippen LogP contribution in [0.3, 0.4) is 0 Å². The second-order valence-electron chi connectivity index (χ2n) is 5.22. The largest absolute Gasteiger partial charge is 0.484 e. The minimum atomic E-state index is -0.159. The van der Waals surface area contributed by atoms with E-state index in [1.165, 1.54) is 0 Å². The van der Waals surface area contributed by atoms with E-state index < -0.39 is 0 Å². The van der Waals surface area contributed by atoms with E-state index in [0.717, 1.165) is 25.7 Å².